The third-order valence-electron chi connectivity index (χ3n) is 2.20. The van der Waals surface area contributed by atoms with Crippen molar-refractivity contribution in [3.63, 3.8) is 0 Å². The number of rotatable bonds is 2. The molecule has 1 rings (SSSR count). The molecule has 7 heteroatoms. The maximum Gasteiger partial charge on any atom is 0.414 e. The number of anilines is 1. The largest absolute Gasteiger partial charge is 0.506 e. The fraction of sp³-hybridized carbons (Fsp3) is 0.417. The van der Waals surface area contributed by atoms with Gasteiger partial charge in [0.05, 0.1) is 10.6 Å². The summed E-state index contributed by atoms with van der Waals surface area (Å²) in [5, 5.41) is 20.3. The third-order valence-corrected chi connectivity index (χ3v) is 2.20. The minimum Gasteiger partial charge on any atom is -0.506 e. The molecular weight excluding hydrogens is 252 g/mol. The van der Waals surface area contributed by atoms with Crippen LogP contribution in [-0.2, 0) is 4.74 Å². The summed E-state index contributed by atoms with van der Waals surface area (Å²) in [6, 6.07) is 3.43. The SMILES string of the molecule is CN(C(=O)OC(C)(C)C)c1cc([N+](=O)[O-])ccc1O. The second kappa shape index (κ2) is 5.13. The van der Waals surface area contributed by atoms with E-state index < -0.39 is 16.6 Å². The van der Waals surface area contributed by atoms with Crippen LogP contribution in [0, 0.1) is 10.1 Å². The van der Waals surface area contributed by atoms with Crippen LogP contribution in [0.3, 0.4) is 0 Å². The lowest BCUT2D eigenvalue weighted by Gasteiger charge is -2.24. The lowest BCUT2D eigenvalue weighted by atomic mass is 10.2. The second-order valence-corrected chi connectivity index (χ2v) is 4.97. The van der Waals surface area contributed by atoms with Crippen molar-refractivity contribution in [2.75, 3.05) is 11.9 Å². The molecule has 7 nitrogen and oxygen atoms in total. The summed E-state index contributed by atoms with van der Waals surface area (Å²) in [6.07, 6.45) is -0.705. The van der Waals surface area contributed by atoms with Crippen molar-refractivity contribution in [2.24, 2.45) is 0 Å². The van der Waals surface area contributed by atoms with Gasteiger partial charge < -0.3 is 9.84 Å². The highest BCUT2D eigenvalue weighted by molar-refractivity contribution is 5.89. The van der Waals surface area contributed by atoms with E-state index in [0.29, 0.717) is 0 Å². The number of nitrogens with zero attached hydrogens (tertiary/aromatic N) is 2. The molecule has 0 aliphatic heterocycles. The zero-order valence-electron chi connectivity index (χ0n) is 11.2. The van der Waals surface area contributed by atoms with E-state index in [-0.39, 0.29) is 17.1 Å². The van der Waals surface area contributed by atoms with Crippen LogP contribution < -0.4 is 4.90 Å². The number of phenolic OH excluding ortho intramolecular Hbond substituents is 1. The van der Waals surface area contributed by atoms with Crippen LogP contribution in [-0.4, -0.2) is 28.8 Å². The monoisotopic (exact) mass is 268 g/mol. The quantitative estimate of drug-likeness (QED) is 0.657. The molecule has 1 N–H and O–H groups in total. The number of nitro groups is 1. The van der Waals surface area contributed by atoms with Crippen LogP contribution in [0.25, 0.3) is 0 Å². The van der Waals surface area contributed by atoms with Crippen molar-refractivity contribution in [2.45, 2.75) is 26.4 Å². The lowest BCUT2D eigenvalue weighted by molar-refractivity contribution is -0.384. The van der Waals surface area contributed by atoms with Crippen LogP contribution in [0.5, 0.6) is 5.75 Å². The zero-order chi connectivity index (χ0) is 14.8. The Balaban J connectivity index is 3.05. The molecule has 0 unspecified atom stereocenters. The Labute approximate surface area is 110 Å². The van der Waals surface area contributed by atoms with Gasteiger partial charge in [0.15, 0.2) is 0 Å². The minimum absolute atomic E-state index is 0.0171. The molecule has 1 amide bonds. The van der Waals surface area contributed by atoms with E-state index in [1.807, 2.05) is 0 Å². The van der Waals surface area contributed by atoms with E-state index in [2.05, 4.69) is 0 Å². The Morgan fingerprint density at radius 1 is 1.42 bits per heavy atom. The molecule has 0 saturated carbocycles. The minimum atomic E-state index is -0.705. The van der Waals surface area contributed by atoms with Gasteiger partial charge in [0.2, 0.25) is 0 Å². The molecule has 0 heterocycles. The van der Waals surface area contributed by atoms with Gasteiger partial charge >= 0.3 is 6.09 Å². The normalized spacial score (nSPS) is 10.9. The molecule has 104 valence electrons. The topological polar surface area (TPSA) is 92.9 Å². The lowest BCUT2D eigenvalue weighted by Crippen LogP contribution is -2.34. The molecule has 0 fully saturated rings. The van der Waals surface area contributed by atoms with Gasteiger partial charge in [0, 0.05) is 19.2 Å². The Morgan fingerprint density at radius 2 is 2.00 bits per heavy atom. The summed E-state index contributed by atoms with van der Waals surface area (Å²) in [5.74, 6) is -0.237. The fourth-order valence-corrected chi connectivity index (χ4v) is 1.32. The molecule has 0 aliphatic carbocycles. The van der Waals surface area contributed by atoms with Gasteiger partial charge in [-0.05, 0) is 26.8 Å². The maximum atomic E-state index is 11.8. The van der Waals surface area contributed by atoms with Crippen molar-refractivity contribution in [3.8, 4) is 5.75 Å². The summed E-state index contributed by atoms with van der Waals surface area (Å²) in [6.45, 7) is 5.10. The molecule has 0 radical (unpaired) electrons. The van der Waals surface area contributed by atoms with Gasteiger partial charge in [-0.25, -0.2) is 4.79 Å². The molecule has 1 aromatic rings. The van der Waals surface area contributed by atoms with E-state index >= 15 is 0 Å². The van der Waals surface area contributed by atoms with Crippen molar-refractivity contribution >= 4 is 17.5 Å². The number of nitro benzene ring substituents is 1. The molecular formula is C12H16N2O5. The molecule has 0 spiro atoms. The molecule has 0 bridgehead atoms. The first-order chi connectivity index (χ1) is 8.61. The summed E-state index contributed by atoms with van der Waals surface area (Å²) < 4.78 is 5.12. The van der Waals surface area contributed by atoms with E-state index in [0.717, 1.165) is 23.1 Å². The number of phenols is 1. The highest BCUT2D eigenvalue weighted by Crippen LogP contribution is 2.31. The van der Waals surface area contributed by atoms with Crippen molar-refractivity contribution in [1.82, 2.24) is 0 Å². The number of amides is 1. The van der Waals surface area contributed by atoms with Gasteiger partial charge in [-0.15, -0.1) is 0 Å². The summed E-state index contributed by atoms with van der Waals surface area (Å²) in [5.41, 5.74) is -0.895. The van der Waals surface area contributed by atoms with Gasteiger partial charge in [0.25, 0.3) is 5.69 Å². The summed E-state index contributed by atoms with van der Waals surface area (Å²) >= 11 is 0. The first-order valence-electron chi connectivity index (χ1n) is 5.56. The van der Waals surface area contributed by atoms with Crippen LogP contribution in [0.15, 0.2) is 18.2 Å². The van der Waals surface area contributed by atoms with E-state index in [1.54, 1.807) is 20.8 Å². The fourth-order valence-electron chi connectivity index (χ4n) is 1.32. The highest BCUT2D eigenvalue weighted by atomic mass is 16.6. The molecule has 0 aromatic heterocycles. The van der Waals surface area contributed by atoms with E-state index in [1.165, 1.54) is 7.05 Å². The average molecular weight is 268 g/mol. The number of aromatic hydroxyl groups is 1. The second-order valence-electron chi connectivity index (χ2n) is 4.97. The van der Waals surface area contributed by atoms with Crippen molar-refractivity contribution in [3.05, 3.63) is 28.3 Å². The summed E-state index contributed by atoms with van der Waals surface area (Å²) in [7, 11) is 1.37. The molecule has 1 aromatic carbocycles. The van der Waals surface area contributed by atoms with Crippen LogP contribution in [0.1, 0.15) is 20.8 Å². The Hall–Kier alpha value is -2.31. The predicted octanol–water partition coefficient (Wildman–Crippen LogP) is 2.67. The predicted molar refractivity (Wildman–Crippen MR) is 69.4 cm³/mol. The van der Waals surface area contributed by atoms with Gasteiger partial charge in [-0.3, -0.25) is 15.0 Å². The number of ether oxygens (including phenoxy) is 1. The van der Waals surface area contributed by atoms with Gasteiger partial charge in [-0.1, -0.05) is 0 Å². The van der Waals surface area contributed by atoms with Crippen LogP contribution >= 0.6 is 0 Å². The van der Waals surface area contributed by atoms with Crippen LogP contribution in [0.2, 0.25) is 0 Å². The Kier molecular flexibility index (Phi) is 3.98. The van der Waals surface area contributed by atoms with Crippen LogP contribution in [0.4, 0.5) is 16.2 Å². The standard InChI is InChI=1S/C12H16N2O5/c1-12(2,3)19-11(16)13(4)9-7-8(14(17)18)5-6-10(9)15/h5-7,15H,1-4H3. The third kappa shape index (κ3) is 3.84. The Bertz CT molecular complexity index is 507. The van der Waals surface area contributed by atoms with E-state index in [4.69, 9.17) is 4.74 Å². The maximum absolute atomic E-state index is 11.8. The Morgan fingerprint density at radius 3 is 2.47 bits per heavy atom. The highest BCUT2D eigenvalue weighted by Gasteiger charge is 2.23. The van der Waals surface area contributed by atoms with Gasteiger partial charge in [0.1, 0.15) is 11.4 Å². The van der Waals surface area contributed by atoms with Crippen molar-refractivity contribution < 1.29 is 19.6 Å². The molecule has 0 atom stereocenters. The number of carbonyl (C=O) groups excluding carboxylic acids is 1. The molecule has 0 saturated heterocycles. The van der Waals surface area contributed by atoms with E-state index in [9.17, 15) is 20.0 Å². The number of non-ortho nitro benzene ring substituents is 1. The number of hydrogen-bond acceptors (Lipinski definition) is 5. The molecule has 0 aliphatic rings. The average Bonchev–Trinajstić information content (AvgIpc) is 2.26. The smallest absolute Gasteiger partial charge is 0.414 e. The van der Waals surface area contributed by atoms with Gasteiger partial charge in [-0.2, -0.15) is 0 Å². The molecule has 19 heavy (non-hydrogen) atoms. The number of benzene rings is 1. The van der Waals surface area contributed by atoms with Crippen molar-refractivity contribution in [1.29, 1.82) is 0 Å². The first-order valence-corrected chi connectivity index (χ1v) is 5.56. The first kappa shape index (κ1) is 14.7. The zero-order valence-corrected chi connectivity index (χ0v) is 11.2. The number of carbonyl (C=O) groups is 1. The number of hydrogen-bond donors (Lipinski definition) is 1. The summed E-state index contributed by atoms with van der Waals surface area (Å²) in [4.78, 5) is 22.9.